The van der Waals surface area contributed by atoms with E-state index in [2.05, 4.69) is 10.3 Å². The third-order valence-corrected chi connectivity index (χ3v) is 2.58. The second-order valence-corrected chi connectivity index (χ2v) is 3.94. The number of halogens is 2. The highest BCUT2D eigenvalue weighted by molar-refractivity contribution is 6.05. The number of pyridine rings is 1. The third-order valence-electron chi connectivity index (χ3n) is 2.58. The Hall–Kier alpha value is -2.50. The Bertz CT molecular complexity index is 695. The first-order chi connectivity index (χ1) is 8.99. The lowest BCUT2D eigenvalue weighted by Gasteiger charge is -2.07. The van der Waals surface area contributed by atoms with Crippen LogP contribution in [-0.2, 0) is 0 Å². The van der Waals surface area contributed by atoms with Gasteiger partial charge in [0.25, 0.3) is 11.5 Å². The molecule has 0 saturated heterocycles. The van der Waals surface area contributed by atoms with Crippen LogP contribution >= 0.6 is 0 Å². The second-order valence-electron chi connectivity index (χ2n) is 3.94. The Morgan fingerprint density at radius 1 is 1.26 bits per heavy atom. The van der Waals surface area contributed by atoms with Crippen LogP contribution in [0.3, 0.4) is 0 Å². The van der Waals surface area contributed by atoms with Gasteiger partial charge in [0.05, 0.1) is 5.69 Å². The van der Waals surface area contributed by atoms with E-state index in [1.54, 1.807) is 13.0 Å². The van der Waals surface area contributed by atoms with Gasteiger partial charge in [-0.25, -0.2) is 8.78 Å². The number of rotatable bonds is 2. The average molecular weight is 264 g/mol. The van der Waals surface area contributed by atoms with Gasteiger partial charge in [0.15, 0.2) is 0 Å². The van der Waals surface area contributed by atoms with E-state index in [4.69, 9.17) is 0 Å². The van der Waals surface area contributed by atoms with E-state index in [-0.39, 0.29) is 11.3 Å². The van der Waals surface area contributed by atoms with Crippen molar-refractivity contribution in [3.63, 3.8) is 0 Å². The van der Waals surface area contributed by atoms with Crippen LogP contribution in [-0.4, -0.2) is 10.9 Å². The van der Waals surface area contributed by atoms with Gasteiger partial charge in [-0.15, -0.1) is 0 Å². The van der Waals surface area contributed by atoms with Crippen LogP contribution in [0.25, 0.3) is 0 Å². The molecule has 1 aromatic carbocycles. The Morgan fingerprint density at radius 2 is 2.00 bits per heavy atom. The lowest BCUT2D eigenvalue weighted by Crippen LogP contribution is -2.24. The van der Waals surface area contributed by atoms with Crippen LogP contribution in [0.15, 0.2) is 35.3 Å². The van der Waals surface area contributed by atoms with Gasteiger partial charge in [0, 0.05) is 12.3 Å². The number of aromatic amines is 1. The molecule has 0 fully saturated rings. The number of benzene rings is 1. The molecule has 98 valence electrons. The summed E-state index contributed by atoms with van der Waals surface area (Å²) in [6.07, 6.45) is 1.41. The lowest BCUT2D eigenvalue weighted by atomic mass is 10.1. The summed E-state index contributed by atoms with van der Waals surface area (Å²) in [5, 5.41) is 2.23. The summed E-state index contributed by atoms with van der Waals surface area (Å²) in [6, 6.07) is 4.31. The second kappa shape index (κ2) is 5.01. The van der Waals surface area contributed by atoms with Crippen molar-refractivity contribution in [2.75, 3.05) is 5.32 Å². The molecule has 0 spiro atoms. The Kier molecular flexibility index (Phi) is 3.41. The molecule has 0 aliphatic heterocycles. The van der Waals surface area contributed by atoms with Crippen molar-refractivity contribution in [2.45, 2.75) is 6.92 Å². The number of hydrogen-bond donors (Lipinski definition) is 2. The van der Waals surface area contributed by atoms with Crippen LogP contribution in [0.4, 0.5) is 14.5 Å². The maximum Gasteiger partial charge on any atom is 0.261 e. The minimum absolute atomic E-state index is 0.105. The minimum atomic E-state index is -0.904. The van der Waals surface area contributed by atoms with Crippen LogP contribution in [0.1, 0.15) is 15.9 Å². The molecule has 1 aromatic heterocycles. The summed E-state index contributed by atoms with van der Waals surface area (Å²) in [7, 11) is 0. The molecule has 0 saturated carbocycles. The van der Waals surface area contributed by atoms with Gasteiger partial charge in [-0.05, 0) is 30.7 Å². The van der Waals surface area contributed by atoms with Crippen LogP contribution < -0.4 is 10.9 Å². The van der Waals surface area contributed by atoms with Crippen molar-refractivity contribution >= 4 is 11.6 Å². The van der Waals surface area contributed by atoms with E-state index in [0.29, 0.717) is 11.6 Å². The predicted molar refractivity (Wildman–Crippen MR) is 66.1 cm³/mol. The fourth-order valence-electron chi connectivity index (χ4n) is 1.63. The molecule has 2 N–H and O–H groups in total. The first kappa shape index (κ1) is 12.9. The largest absolute Gasteiger partial charge is 0.328 e. The highest BCUT2D eigenvalue weighted by Gasteiger charge is 2.15. The normalized spacial score (nSPS) is 10.3. The van der Waals surface area contributed by atoms with E-state index >= 15 is 0 Å². The topological polar surface area (TPSA) is 62.0 Å². The summed E-state index contributed by atoms with van der Waals surface area (Å²) in [4.78, 5) is 25.8. The number of aromatic nitrogens is 1. The van der Waals surface area contributed by atoms with Gasteiger partial charge >= 0.3 is 0 Å². The molecule has 0 bridgehead atoms. The van der Waals surface area contributed by atoms with Crippen molar-refractivity contribution in [1.29, 1.82) is 0 Å². The monoisotopic (exact) mass is 264 g/mol. The average Bonchev–Trinajstić information content (AvgIpc) is 2.32. The zero-order valence-corrected chi connectivity index (χ0v) is 9.96. The number of H-pyrrole nitrogens is 1. The summed E-state index contributed by atoms with van der Waals surface area (Å²) in [5.41, 5.74) is -0.399. The molecule has 4 nitrogen and oxygen atoms in total. The number of carbonyl (C=O) groups excluding carboxylic acids is 1. The highest BCUT2D eigenvalue weighted by Crippen LogP contribution is 2.16. The van der Waals surface area contributed by atoms with Crippen LogP contribution in [0, 0.1) is 18.6 Å². The number of aryl methyl sites for hydroxylation is 1. The zero-order valence-electron chi connectivity index (χ0n) is 9.96. The highest BCUT2D eigenvalue weighted by atomic mass is 19.1. The fourth-order valence-corrected chi connectivity index (χ4v) is 1.63. The van der Waals surface area contributed by atoms with E-state index < -0.39 is 23.1 Å². The first-order valence-electron chi connectivity index (χ1n) is 5.43. The van der Waals surface area contributed by atoms with Crippen molar-refractivity contribution < 1.29 is 13.6 Å². The fraction of sp³-hybridized carbons (Fsp3) is 0.0769. The van der Waals surface area contributed by atoms with Gasteiger partial charge in [-0.1, -0.05) is 0 Å². The number of hydrogen-bond acceptors (Lipinski definition) is 2. The van der Waals surface area contributed by atoms with Gasteiger partial charge in [-0.3, -0.25) is 9.59 Å². The van der Waals surface area contributed by atoms with E-state index in [1.165, 1.54) is 6.20 Å². The maximum atomic E-state index is 13.4. The summed E-state index contributed by atoms with van der Waals surface area (Å²) >= 11 is 0. The molecule has 2 aromatic rings. The summed E-state index contributed by atoms with van der Waals surface area (Å²) in [6.45, 7) is 1.59. The smallest absolute Gasteiger partial charge is 0.261 e. The molecule has 0 aliphatic carbocycles. The number of amides is 1. The molecule has 6 heteroatoms. The van der Waals surface area contributed by atoms with Crippen molar-refractivity contribution in [1.82, 2.24) is 4.98 Å². The number of nitrogens with one attached hydrogen (secondary N) is 2. The summed E-state index contributed by atoms with van der Waals surface area (Å²) < 4.78 is 26.1. The van der Waals surface area contributed by atoms with E-state index in [9.17, 15) is 18.4 Å². The van der Waals surface area contributed by atoms with E-state index in [0.717, 1.165) is 12.1 Å². The zero-order chi connectivity index (χ0) is 14.0. The molecule has 0 unspecified atom stereocenters. The van der Waals surface area contributed by atoms with Crippen molar-refractivity contribution in [3.8, 4) is 0 Å². The SMILES string of the molecule is Cc1cc[nH]c(=O)c1C(=O)Nc1ccc(F)cc1F. The molecule has 0 aliphatic rings. The predicted octanol–water partition coefficient (Wildman–Crippen LogP) is 2.21. The molecular weight excluding hydrogens is 254 g/mol. The molecule has 19 heavy (non-hydrogen) atoms. The molecule has 1 amide bonds. The first-order valence-corrected chi connectivity index (χ1v) is 5.43. The van der Waals surface area contributed by atoms with Crippen LogP contribution in [0.2, 0.25) is 0 Å². The molecule has 0 radical (unpaired) electrons. The Labute approximate surface area is 107 Å². The Morgan fingerprint density at radius 3 is 2.63 bits per heavy atom. The quantitative estimate of drug-likeness (QED) is 0.873. The van der Waals surface area contributed by atoms with Gasteiger partial charge in [-0.2, -0.15) is 0 Å². The molecule has 1 heterocycles. The third kappa shape index (κ3) is 2.67. The van der Waals surface area contributed by atoms with Crippen molar-refractivity contribution in [3.05, 3.63) is 63.6 Å². The standard InChI is InChI=1S/C13H10F2N2O2/c1-7-4-5-16-12(18)11(7)13(19)17-10-3-2-8(14)6-9(10)15/h2-6H,1H3,(H,16,18)(H,17,19). The maximum absolute atomic E-state index is 13.4. The Balaban J connectivity index is 2.34. The lowest BCUT2D eigenvalue weighted by molar-refractivity contribution is 0.102. The van der Waals surface area contributed by atoms with E-state index in [1.807, 2.05) is 0 Å². The van der Waals surface area contributed by atoms with Gasteiger partial charge in [0.2, 0.25) is 0 Å². The minimum Gasteiger partial charge on any atom is -0.328 e. The molecular formula is C13H10F2N2O2. The number of anilines is 1. The number of carbonyl (C=O) groups is 1. The molecule has 2 rings (SSSR count). The van der Waals surface area contributed by atoms with Gasteiger partial charge < -0.3 is 10.3 Å². The molecule has 0 atom stereocenters. The summed E-state index contributed by atoms with van der Waals surface area (Å²) in [5.74, 6) is -2.40. The van der Waals surface area contributed by atoms with Crippen LogP contribution in [0.5, 0.6) is 0 Å². The van der Waals surface area contributed by atoms with Gasteiger partial charge in [0.1, 0.15) is 17.2 Å². The van der Waals surface area contributed by atoms with Crippen molar-refractivity contribution in [2.24, 2.45) is 0 Å².